The minimum absolute atomic E-state index is 0.109. The number of hydrogen-bond donors (Lipinski definition) is 1. The first-order valence-corrected chi connectivity index (χ1v) is 7.40. The molecule has 0 aliphatic heterocycles. The lowest BCUT2D eigenvalue weighted by molar-refractivity contribution is 0.0951. The number of aromatic nitrogens is 4. The van der Waals surface area contributed by atoms with E-state index in [2.05, 4.69) is 39.9 Å². The molecule has 1 amide bonds. The molecule has 0 aliphatic rings. The molecule has 3 aromatic rings. The van der Waals surface area contributed by atoms with Gasteiger partial charge in [0, 0.05) is 12.1 Å². The van der Waals surface area contributed by atoms with Crippen LogP contribution in [-0.2, 0) is 0 Å². The standard InChI is InChI=1S/C17H17N5O/c1-13(14-6-3-2-4-7-14)11-18-17(23)15-8-5-9-16(10-15)22-12-19-20-21-22/h2-10,12-13H,11H2,1H3,(H,18,23)/t13-/m0/s1. The van der Waals surface area contributed by atoms with Gasteiger partial charge in [0.1, 0.15) is 6.33 Å². The van der Waals surface area contributed by atoms with Crippen LogP contribution in [0.3, 0.4) is 0 Å². The third-order valence-electron chi connectivity index (χ3n) is 3.66. The lowest BCUT2D eigenvalue weighted by Crippen LogP contribution is -2.27. The normalized spacial score (nSPS) is 11.9. The predicted octanol–water partition coefficient (Wildman–Crippen LogP) is 2.20. The fourth-order valence-electron chi connectivity index (χ4n) is 2.32. The summed E-state index contributed by atoms with van der Waals surface area (Å²) in [6.07, 6.45) is 1.49. The molecular weight excluding hydrogens is 290 g/mol. The van der Waals surface area contributed by atoms with Crippen molar-refractivity contribution in [2.45, 2.75) is 12.8 Å². The van der Waals surface area contributed by atoms with E-state index in [-0.39, 0.29) is 11.8 Å². The van der Waals surface area contributed by atoms with Crippen LogP contribution < -0.4 is 5.32 Å². The largest absolute Gasteiger partial charge is 0.351 e. The van der Waals surface area contributed by atoms with Crippen LogP contribution in [0.25, 0.3) is 5.69 Å². The second-order valence-electron chi connectivity index (χ2n) is 5.33. The SMILES string of the molecule is C[C@@H](CNC(=O)c1cccc(-n2cnnn2)c1)c1ccccc1. The molecule has 0 bridgehead atoms. The van der Waals surface area contributed by atoms with E-state index < -0.39 is 0 Å². The van der Waals surface area contributed by atoms with E-state index in [4.69, 9.17) is 0 Å². The summed E-state index contributed by atoms with van der Waals surface area (Å²) in [4.78, 5) is 12.3. The second-order valence-corrected chi connectivity index (χ2v) is 5.33. The Morgan fingerprint density at radius 2 is 2.00 bits per heavy atom. The average molecular weight is 307 g/mol. The van der Waals surface area contributed by atoms with Gasteiger partial charge in [0.2, 0.25) is 0 Å². The molecule has 3 rings (SSSR count). The maximum atomic E-state index is 12.3. The number of tetrazole rings is 1. The molecule has 0 spiro atoms. The number of benzene rings is 2. The maximum absolute atomic E-state index is 12.3. The molecular formula is C17H17N5O. The van der Waals surface area contributed by atoms with Crippen molar-refractivity contribution in [3.63, 3.8) is 0 Å². The van der Waals surface area contributed by atoms with E-state index in [0.29, 0.717) is 12.1 Å². The van der Waals surface area contributed by atoms with Crippen LogP contribution in [0, 0.1) is 0 Å². The first kappa shape index (κ1) is 14.9. The van der Waals surface area contributed by atoms with E-state index in [1.54, 1.807) is 12.1 Å². The Balaban J connectivity index is 1.66. The van der Waals surface area contributed by atoms with Gasteiger partial charge in [0.25, 0.3) is 5.91 Å². The monoisotopic (exact) mass is 307 g/mol. The number of rotatable bonds is 5. The molecule has 0 radical (unpaired) electrons. The highest BCUT2D eigenvalue weighted by atomic mass is 16.1. The van der Waals surface area contributed by atoms with E-state index in [0.717, 1.165) is 5.69 Å². The summed E-state index contributed by atoms with van der Waals surface area (Å²) < 4.78 is 1.52. The Morgan fingerprint density at radius 3 is 2.74 bits per heavy atom. The number of nitrogens with one attached hydrogen (secondary N) is 1. The zero-order chi connectivity index (χ0) is 16.1. The highest BCUT2D eigenvalue weighted by Gasteiger charge is 2.10. The molecule has 116 valence electrons. The van der Waals surface area contributed by atoms with Gasteiger partial charge in [-0.3, -0.25) is 4.79 Å². The number of nitrogens with zero attached hydrogens (tertiary/aromatic N) is 4. The molecule has 0 saturated heterocycles. The van der Waals surface area contributed by atoms with Gasteiger partial charge in [-0.25, -0.2) is 4.68 Å². The summed E-state index contributed by atoms with van der Waals surface area (Å²) >= 11 is 0. The minimum atomic E-state index is -0.109. The fraction of sp³-hybridized carbons (Fsp3) is 0.176. The van der Waals surface area contributed by atoms with Crippen molar-refractivity contribution in [2.24, 2.45) is 0 Å². The third kappa shape index (κ3) is 3.60. The number of carbonyl (C=O) groups is 1. The van der Waals surface area contributed by atoms with Gasteiger partial charge < -0.3 is 5.32 Å². The van der Waals surface area contributed by atoms with Crippen LogP contribution in [0.1, 0.15) is 28.8 Å². The van der Waals surface area contributed by atoms with Gasteiger partial charge in [-0.15, -0.1) is 5.10 Å². The third-order valence-corrected chi connectivity index (χ3v) is 3.66. The van der Waals surface area contributed by atoms with Crippen LogP contribution in [0.5, 0.6) is 0 Å². The lowest BCUT2D eigenvalue weighted by atomic mass is 10.0. The molecule has 6 heteroatoms. The van der Waals surface area contributed by atoms with Crippen LogP contribution in [0.15, 0.2) is 60.9 Å². The Hall–Kier alpha value is -3.02. The maximum Gasteiger partial charge on any atom is 0.251 e. The molecule has 1 N–H and O–H groups in total. The van der Waals surface area contributed by atoms with Crippen molar-refractivity contribution in [2.75, 3.05) is 6.54 Å². The molecule has 6 nitrogen and oxygen atoms in total. The van der Waals surface area contributed by atoms with Crippen molar-refractivity contribution in [3.8, 4) is 5.69 Å². The molecule has 0 aliphatic carbocycles. The number of hydrogen-bond acceptors (Lipinski definition) is 4. The summed E-state index contributed by atoms with van der Waals surface area (Å²) in [6, 6.07) is 17.3. The topological polar surface area (TPSA) is 72.7 Å². The minimum Gasteiger partial charge on any atom is -0.351 e. The summed E-state index contributed by atoms with van der Waals surface area (Å²) in [5.74, 6) is 0.144. The smallest absolute Gasteiger partial charge is 0.251 e. The molecule has 2 aromatic carbocycles. The Bertz CT molecular complexity index is 771. The summed E-state index contributed by atoms with van der Waals surface area (Å²) in [5.41, 5.74) is 2.53. The van der Waals surface area contributed by atoms with Crippen LogP contribution in [0.2, 0.25) is 0 Å². The Labute approximate surface area is 134 Å². The van der Waals surface area contributed by atoms with E-state index in [1.807, 2.05) is 30.3 Å². The number of amides is 1. The van der Waals surface area contributed by atoms with Crippen molar-refractivity contribution >= 4 is 5.91 Å². The van der Waals surface area contributed by atoms with E-state index in [9.17, 15) is 4.79 Å². The van der Waals surface area contributed by atoms with Crippen molar-refractivity contribution < 1.29 is 4.79 Å². The second kappa shape index (κ2) is 6.83. The van der Waals surface area contributed by atoms with Crippen molar-refractivity contribution in [1.29, 1.82) is 0 Å². The Kier molecular flexibility index (Phi) is 4.42. The van der Waals surface area contributed by atoms with Crippen molar-refractivity contribution in [3.05, 3.63) is 72.1 Å². The van der Waals surface area contributed by atoms with Gasteiger partial charge >= 0.3 is 0 Å². The van der Waals surface area contributed by atoms with Gasteiger partial charge in [0.15, 0.2) is 0 Å². The fourth-order valence-corrected chi connectivity index (χ4v) is 2.32. The lowest BCUT2D eigenvalue weighted by Gasteiger charge is -2.13. The first-order chi connectivity index (χ1) is 11.2. The highest BCUT2D eigenvalue weighted by Crippen LogP contribution is 2.14. The molecule has 0 unspecified atom stereocenters. The average Bonchev–Trinajstić information content (AvgIpc) is 3.15. The highest BCUT2D eigenvalue weighted by molar-refractivity contribution is 5.94. The van der Waals surface area contributed by atoms with Gasteiger partial charge in [-0.1, -0.05) is 43.3 Å². The Morgan fingerprint density at radius 1 is 1.17 bits per heavy atom. The number of carbonyl (C=O) groups excluding carboxylic acids is 1. The zero-order valence-electron chi connectivity index (χ0n) is 12.8. The first-order valence-electron chi connectivity index (χ1n) is 7.40. The van der Waals surface area contributed by atoms with E-state index >= 15 is 0 Å². The van der Waals surface area contributed by atoms with Crippen LogP contribution in [-0.4, -0.2) is 32.7 Å². The molecule has 1 aromatic heterocycles. The van der Waals surface area contributed by atoms with Gasteiger partial charge in [-0.2, -0.15) is 0 Å². The summed E-state index contributed by atoms with van der Waals surface area (Å²) in [5, 5.41) is 14.0. The summed E-state index contributed by atoms with van der Waals surface area (Å²) in [7, 11) is 0. The quantitative estimate of drug-likeness (QED) is 0.784. The predicted molar refractivity (Wildman–Crippen MR) is 86.3 cm³/mol. The molecule has 1 heterocycles. The molecule has 0 saturated carbocycles. The molecule has 0 fully saturated rings. The molecule has 1 atom stereocenters. The van der Waals surface area contributed by atoms with Gasteiger partial charge in [0.05, 0.1) is 5.69 Å². The summed E-state index contributed by atoms with van der Waals surface area (Å²) in [6.45, 7) is 2.67. The van der Waals surface area contributed by atoms with Crippen molar-refractivity contribution in [1.82, 2.24) is 25.5 Å². The van der Waals surface area contributed by atoms with Gasteiger partial charge in [-0.05, 0) is 40.1 Å². The molecule has 23 heavy (non-hydrogen) atoms. The zero-order valence-corrected chi connectivity index (χ0v) is 12.8. The van der Waals surface area contributed by atoms with Crippen LogP contribution in [0.4, 0.5) is 0 Å². The van der Waals surface area contributed by atoms with Crippen LogP contribution >= 0.6 is 0 Å². The van der Waals surface area contributed by atoms with E-state index in [1.165, 1.54) is 16.6 Å².